The van der Waals surface area contributed by atoms with Crippen LogP contribution in [0.4, 0.5) is 0 Å². The molecule has 6 nitrogen and oxygen atoms in total. The summed E-state index contributed by atoms with van der Waals surface area (Å²) < 4.78 is 1.48. The lowest BCUT2D eigenvalue weighted by Crippen LogP contribution is -2.38. The minimum Gasteiger partial charge on any atom is -0.478 e. The van der Waals surface area contributed by atoms with Crippen LogP contribution in [0.3, 0.4) is 0 Å². The Kier molecular flexibility index (Phi) is 3.16. The second-order valence-corrected chi connectivity index (χ2v) is 5.69. The summed E-state index contributed by atoms with van der Waals surface area (Å²) in [4.78, 5) is 37.4. The van der Waals surface area contributed by atoms with E-state index in [-0.39, 0.29) is 11.6 Å². The maximum Gasteiger partial charge on any atom is 0.335 e. The molecule has 2 aromatic rings. The minimum absolute atomic E-state index is 0.0783. The van der Waals surface area contributed by atoms with Gasteiger partial charge in [0.05, 0.1) is 16.6 Å². The molecule has 0 radical (unpaired) electrons. The summed E-state index contributed by atoms with van der Waals surface area (Å²) in [5.41, 5.74) is -0.274. The molecule has 0 spiro atoms. The molecule has 2 N–H and O–H groups in total. The second-order valence-electron chi connectivity index (χ2n) is 5.69. The van der Waals surface area contributed by atoms with Crippen molar-refractivity contribution in [2.24, 2.45) is 5.92 Å². The topological polar surface area (TPSA) is 92.2 Å². The number of aromatic carboxylic acids is 1. The first-order valence-corrected chi connectivity index (χ1v) is 6.99. The third-order valence-electron chi connectivity index (χ3n) is 3.98. The third-order valence-corrected chi connectivity index (χ3v) is 3.98. The van der Waals surface area contributed by atoms with Crippen molar-refractivity contribution < 1.29 is 9.90 Å². The van der Waals surface area contributed by atoms with Gasteiger partial charge in [-0.15, -0.1) is 0 Å². The van der Waals surface area contributed by atoms with E-state index < -0.39 is 17.1 Å². The zero-order valence-electron chi connectivity index (χ0n) is 11.6. The fourth-order valence-corrected chi connectivity index (χ4v) is 2.75. The van der Waals surface area contributed by atoms with Gasteiger partial charge in [-0.25, -0.2) is 4.79 Å². The monoisotopic (exact) mass is 288 g/mol. The van der Waals surface area contributed by atoms with Crippen LogP contribution in [-0.4, -0.2) is 20.6 Å². The first-order valence-electron chi connectivity index (χ1n) is 6.99. The van der Waals surface area contributed by atoms with Crippen LogP contribution in [-0.2, 0) is 0 Å². The van der Waals surface area contributed by atoms with Crippen LogP contribution in [0.25, 0.3) is 11.0 Å². The van der Waals surface area contributed by atoms with Crippen molar-refractivity contribution in [3.63, 3.8) is 0 Å². The van der Waals surface area contributed by atoms with Crippen molar-refractivity contribution in [1.82, 2.24) is 9.55 Å². The van der Waals surface area contributed by atoms with E-state index in [0.717, 1.165) is 6.42 Å². The number of benzene rings is 1. The van der Waals surface area contributed by atoms with Gasteiger partial charge in [0, 0.05) is 6.04 Å². The molecule has 1 aromatic heterocycles. The molecule has 0 bridgehead atoms. The van der Waals surface area contributed by atoms with Gasteiger partial charge >= 0.3 is 17.1 Å². The van der Waals surface area contributed by atoms with E-state index >= 15 is 0 Å². The summed E-state index contributed by atoms with van der Waals surface area (Å²) in [6, 6.07) is 4.34. The number of H-pyrrole nitrogens is 1. The summed E-state index contributed by atoms with van der Waals surface area (Å²) in [5.74, 6) is -0.443. The number of nitrogens with one attached hydrogen (secondary N) is 1. The normalized spacial score (nSPS) is 16.0. The quantitative estimate of drug-likeness (QED) is 0.838. The number of rotatable bonds is 4. The Morgan fingerprint density at radius 1 is 1.43 bits per heavy atom. The molecule has 1 atom stereocenters. The zero-order chi connectivity index (χ0) is 15.1. The minimum atomic E-state index is -1.07. The number of carboxylic acid groups (broad SMARTS) is 1. The fourth-order valence-electron chi connectivity index (χ4n) is 2.75. The molecule has 1 aliphatic rings. The van der Waals surface area contributed by atoms with Crippen molar-refractivity contribution in [1.29, 1.82) is 0 Å². The highest BCUT2D eigenvalue weighted by molar-refractivity contribution is 5.92. The molecule has 3 rings (SSSR count). The SMILES string of the molecule is CC(CC1CC1)n1c(=O)c(=O)[nH]c2cc(C(=O)O)ccc21. The van der Waals surface area contributed by atoms with Crippen LogP contribution in [0.1, 0.15) is 42.6 Å². The van der Waals surface area contributed by atoms with Crippen LogP contribution in [0.15, 0.2) is 27.8 Å². The van der Waals surface area contributed by atoms with E-state index in [2.05, 4.69) is 4.98 Å². The number of aromatic nitrogens is 2. The van der Waals surface area contributed by atoms with E-state index in [1.165, 1.54) is 29.5 Å². The van der Waals surface area contributed by atoms with Gasteiger partial charge in [-0.1, -0.05) is 12.8 Å². The van der Waals surface area contributed by atoms with Crippen molar-refractivity contribution in [3.05, 3.63) is 44.5 Å². The zero-order valence-corrected chi connectivity index (χ0v) is 11.6. The van der Waals surface area contributed by atoms with Gasteiger partial charge in [0.1, 0.15) is 0 Å². The van der Waals surface area contributed by atoms with E-state index in [0.29, 0.717) is 17.0 Å². The third kappa shape index (κ3) is 2.49. The number of nitrogens with zero attached hydrogens (tertiary/aromatic N) is 1. The first-order chi connectivity index (χ1) is 9.97. The van der Waals surface area contributed by atoms with Gasteiger partial charge < -0.3 is 10.1 Å². The second kappa shape index (κ2) is 4.87. The lowest BCUT2D eigenvalue weighted by molar-refractivity contribution is 0.0697. The van der Waals surface area contributed by atoms with Gasteiger partial charge in [-0.3, -0.25) is 14.2 Å². The number of carbonyl (C=O) groups is 1. The molecular formula is C15H16N2O4. The highest BCUT2D eigenvalue weighted by Crippen LogP contribution is 2.36. The van der Waals surface area contributed by atoms with E-state index in [4.69, 9.17) is 5.11 Å². The van der Waals surface area contributed by atoms with Crippen LogP contribution in [0.5, 0.6) is 0 Å². The Morgan fingerprint density at radius 3 is 2.76 bits per heavy atom. The molecule has 6 heteroatoms. The highest BCUT2D eigenvalue weighted by atomic mass is 16.4. The highest BCUT2D eigenvalue weighted by Gasteiger charge is 2.25. The standard InChI is InChI=1S/C15H16N2O4/c1-8(6-9-2-3-9)17-12-5-4-10(15(20)21)7-11(12)16-13(18)14(17)19/h4-5,7-9H,2-3,6H2,1H3,(H,16,18)(H,20,21). The molecule has 1 saturated carbocycles. The van der Waals surface area contributed by atoms with E-state index in [1.54, 1.807) is 6.07 Å². The lowest BCUT2D eigenvalue weighted by atomic mass is 10.1. The molecule has 110 valence electrons. The number of carboxylic acids is 1. The van der Waals surface area contributed by atoms with Gasteiger partial charge in [-0.05, 0) is 37.5 Å². The molecule has 21 heavy (non-hydrogen) atoms. The largest absolute Gasteiger partial charge is 0.478 e. The fraction of sp³-hybridized carbons (Fsp3) is 0.400. The summed E-state index contributed by atoms with van der Waals surface area (Å²) in [6.07, 6.45) is 3.20. The predicted octanol–water partition coefficient (Wildman–Crippen LogP) is 1.75. The maximum absolute atomic E-state index is 12.1. The molecule has 1 fully saturated rings. The lowest BCUT2D eigenvalue weighted by Gasteiger charge is -2.17. The Hall–Kier alpha value is -2.37. The van der Waals surface area contributed by atoms with Crippen molar-refractivity contribution in [2.75, 3.05) is 0 Å². The number of hydrogen-bond acceptors (Lipinski definition) is 3. The molecule has 0 amide bonds. The average Bonchev–Trinajstić information content (AvgIpc) is 3.23. The van der Waals surface area contributed by atoms with Gasteiger partial charge in [-0.2, -0.15) is 0 Å². The molecule has 1 unspecified atom stereocenters. The van der Waals surface area contributed by atoms with Crippen molar-refractivity contribution >= 4 is 17.0 Å². The Bertz CT molecular complexity index is 830. The van der Waals surface area contributed by atoms with Gasteiger partial charge in [0.25, 0.3) is 0 Å². The smallest absolute Gasteiger partial charge is 0.335 e. The van der Waals surface area contributed by atoms with Crippen LogP contribution < -0.4 is 11.1 Å². The van der Waals surface area contributed by atoms with Gasteiger partial charge in [0.15, 0.2) is 0 Å². The van der Waals surface area contributed by atoms with Gasteiger partial charge in [0.2, 0.25) is 0 Å². The number of hydrogen-bond donors (Lipinski definition) is 2. The van der Waals surface area contributed by atoms with Crippen LogP contribution in [0.2, 0.25) is 0 Å². The van der Waals surface area contributed by atoms with Crippen molar-refractivity contribution in [3.8, 4) is 0 Å². The summed E-state index contributed by atoms with van der Waals surface area (Å²) >= 11 is 0. The Labute approximate surface area is 120 Å². The Morgan fingerprint density at radius 2 is 2.14 bits per heavy atom. The van der Waals surface area contributed by atoms with Crippen LogP contribution in [0, 0.1) is 5.92 Å². The maximum atomic E-state index is 12.1. The summed E-state index contributed by atoms with van der Waals surface area (Å²) in [5, 5.41) is 9.01. The number of aromatic amines is 1. The molecular weight excluding hydrogens is 272 g/mol. The van der Waals surface area contributed by atoms with E-state index in [1.807, 2.05) is 6.92 Å². The summed E-state index contributed by atoms with van der Waals surface area (Å²) in [6.45, 7) is 1.92. The molecule has 0 aliphatic heterocycles. The van der Waals surface area contributed by atoms with Crippen LogP contribution >= 0.6 is 0 Å². The molecule has 1 aliphatic carbocycles. The average molecular weight is 288 g/mol. The summed E-state index contributed by atoms with van der Waals surface area (Å²) in [7, 11) is 0. The first kappa shape index (κ1) is 13.6. The number of fused-ring (bicyclic) bond motifs is 1. The molecule has 1 heterocycles. The molecule has 1 aromatic carbocycles. The van der Waals surface area contributed by atoms with E-state index in [9.17, 15) is 14.4 Å². The molecule has 0 saturated heterocycles. The predicted molar refractivity (Wildman–Crippen MR) is 77.8 cm³/mol. The Balaban J connectivity index is 2.20. The van der Waals surface area contributed by atoms with Crippen molar-refractivity contribution in [2.45, 2.75) is 32.2 Å².